The summed E-state index contributed by atoms with van der Waals surface area (Å²) in [6, 6.07) is 0. The summed E-state index contributed by atoms with van der Waals surface area (Å²) >= 11 is 0. The third kappa shape index (κ3) is 3.39. The highest BCUT2D eigenvalue weighted by Gasteiger charge is 2.54. The minimum Gasteiger partial charge on any atom is -0.0597 e. The van der Waals surface area contributed by atoms with Crippen LogP contribution in [0.4, 0.5) is 0 Å². The first-order valence-corrected chi connectivity index (χ1v) is 14.1. The van der Waals surface area contributed by atoms with Crippen LogP contribution in [0.1, 0.15) is 62.3 Å². The van der Waals surface area contributed by atoms with Crippen molar-refractivity contribution in [3.8, 4) is 0 Å². The summed E-state index contributed by atoms with van der Waals surface area (Å²) in [4.78, 5) is 0. The zero-order valence-electron chi connectivity index (χ0n) is 12.3. The van der Waals surface area contributed by atoms with E-state index < -0.39 is 0 Å². The van der Waals surface area contributed by atoms with Crippen LogP contribution in [0, 0.1) is 0 Å². The van der Waals surface area contributed by atoms with Crippen LogP contribution in [0.2, 0.25) is 0 Å². The zero-order chi connectivity index (χ0) is 12.9. The van der Waals surface area contributed by atoms with Gasteiger partial charge in [0.25, 0.3) is 0 Å². The quantitative estimate of drug-likeness (QED) is 0.415. The smallest absolute Gasteiger partial charge is 0.00956 e. The molecule has 0 aromatic carbocycles. The fourth-order valence-corrected chi connectivity index (χ4v) is 44.6. The Morgan fingerprint density at radius 2 is 0.875 bits per heavy atom. The van der Waals surface area contributed by atoms with Crippen molar-refractivity contribution in [1.82, 2.24) is 0 Å². The molecule has 1 aliphatic rings. The van der Waals surface area contributed by atoms with E-state index >= 15 is 0 Å². The lowest BCUT2D eigenvalue weighted by Crippen LogP contribution is -2.23. The van der Waals surface area contributed by atoms with Gasteiger partial charge in [0, 0.05) is 0 Å². The topological polar surface area (TPSA) is 0 Å². The molecule has 0 radical (unpaired) electrons. The van der Waals surface area contributed by atoms with Crippen molar-refractivity contribution in [2.45, 2.75) is 77.8 Å². The van der Waals surface area contributed by atoms with Crippen molar-refractivity contribution < 1.29 is 0 Å². The Bertz CT molecular complexity index is 234. The van der Waals surface area contributed by atoms with Crippen LogP contribution in [0.5, 0.6) is 0 Å². The van der Waals surface area contributed by atoms with E-state index in [1.54, 1.807) is 0 Å². The fraction of sp³-hybridized carbons (Fsp3) is 1.00. The van der Waals surface area contributed by atoms with E-state index in [1.807, 2.05) is 0 Å². The Kier molecular flexibility index (Phi) is 4.61. The number of rotatable bonds is 0. The van der Waals surface area contributed by atoms with Gasteiger partial charge < -0.3 is 0 Å². The lowest BCUT2D eigenvalue weighted by molar-refractivity contribution is 0.776. The maximum absolute atomic E-state index is 2.49. The molecule has 0 aliphatic carbocycles. The van der Waals surface area contributed by atoms with Gasteiger partial charge in [0.15, 0.2) is 0 Å². The molecule has 16 heavy (non-hydrogen) atoms. The number of hydrogen-bond donors (Lipinski definition) is 0. The summed E-state index contributed by atoms with van der Waals surface area (Å²) in [5.74, 6) is 0. The van der Waals surface area contributed by atoms with Crippen LogP contribution in [-0.4, -0.2) is 15.5 Å². The summed E-state index contributed by atoms with van der Waals surface area (Å²) in [5.41, 5.74) is 0. The zero-order valence-corrected chi connectivity index (χ0v) is 16.0. The van der Waals surface area contributed by atoms with Crippen molar-refractivity contribution in [1.29, 1.82) is 0 Å². The first-order valence-electron chi connectivity index (χ1n) is 6.02. The lowest BCUT2D eigenvalue weighted by Gasteiger charge is -2.60. The summed E-state index contributed by atoms with van der Waals surface area (Å²) in [7, 11) is 2.27. The monoisotopic (exact) mass is 296 g/mol. The van der Waals surface area contributed by atoms with E-state index in [2.05, 4.69) is 62.3 Å². The Labute approximate surface area is 108 Å². The largest absolute Gasteiger partial charge is 0.0597 e. The maximum Gasteiger partial charge on any atom is -0.00956 e. The van der Waals surface area contributed by atoms with Gasteiger partial charge in [0.05, 0.1) is 0 Å². The normalized spacial score (nSPS) is 33.9. The minimum absolute atomic E-state index is 0.300. The highest BCUT2D eigenvalue weighted by Crippen LogP contribution is 3.19. The standard InChI is InChI=1S/C12H28P4/c1-10(2,3)14-13-15(11(4,5)6)16(14)12(7,8)9/h13H,1-9H3. The van der Waals surface area contributed by atoms with Crippen LogP contribution in [0.15, 0.2) is 0 Å². The summed E-state index contributed by atoms with van der Waals surface area (Å²) in [6.45, 7) is 22.3. The molecule has 0 amide bonds. The molecular formula is C12H28P4. The van der Waals surface area contributed by atoms with Gasteiger partial charge in [-0.2, -0.15) is 0 Å². The van der Waals surface area contributed by atoms with Crippen molar-refractivity contribution in [2.24, 2.45) is 0 Å². The molecule has 0 nitrogen and oxygen atoms in total. The van der Waals surface area contributed by atoms with Gasteiger partial charge in [-0.25, -0.2) is 0 Å². The molecule has 4 heteroatoms. The van der Waals surface area contributed by atoms with Gasteiger partial charge in [0.2, 0.25) is 0 Å². The molecule has 1 saturated heterocycles. The van der Waals surface area contributed by atoms with E-state index in [9.17, 15) is 0 Å². The molecule has 96 valence electrons. The summed E-state index contributed by atoms with van der Waals surface area (Å²) in [6.07, 6.45) is 0. The average Bonchev–Trinajstić information content (AvgIpc) is 1.68. The minimum atomic E-state index is 0.300. The molecule has 2 unspecified atom stereocenters. The summed E-state index contributed by atoms with van der Waals surface area (Å²) in [5, 5.41) is 1.77. The fourth-order valence-electron chi connectivity index (χ4n) is 1.69. The molecule has 1 heterocycles. The van der Waals surface area contributed by atoms with Gasteiger partial charge in [-0.05, 0) is 37.4 Å². The molecular weight excluding hydrogens is 268 g/mol. The molecule has 0 spiro atoms. The van der Waals surface area contributed by atoms with Crippen molar-refractivity contribution in [3.63, 3.8) is 0 Å². The second kappa shape index (κ2) is 4.68. The molecule has 0 aromatic heterocycles. The predicted molar refractivity (Wildman–Crippen MR) is 88.3 cm³/mol. The van der Waals surface area contributed by atoms with Crippen molar-refractivity contribution in [2.75, 3.05) is 0 Å². The first-order chi connectivity index (χ1) is 6.85. The predicted octanol–water partition coefficient (Wildman–Crippen LogP) is 7.18. The van der Waals surface area contributed by atoms with Gasteiger partial charge >= 0.3 is 0 Å². The lowest BCUT2D eigenvalue weighted by atomic mass is 10.3. The molecule has 0 saturated carbocycles. The number of hydrogen-bond acceptors (Lipinski definition) is 0. The van der Waals surface area contributed by atoms with Crippen LogP contribution in [-0.2, 0) is 0 Å². The maximum atomic E-state index is 2.49. The van der Waals surface area contributed by atoms with Crippen LogP contribution in [0.3, 0.4) is 0 Å². The molecule has 0 N–H and O–H groups in total. The van der Waals surface area contributed by atoms with E-state index in [4.69, 9.17) is 0 Å². The Morgan fingerprint density at radius 1 is 0.562 bits per heavy atom. The Morgan fingerprint density at radius 3 is 1.06 bits per heavy atom. The van der Waals surface area contributed by atoms with E-state index in [-0.39, 0.29) is 0 Å². The van der Waals surface area contributed by atoms with Gasteiger partial charge in [-0.1, -0.05) is 70.3 Å². The average molecular weight is 296 g/mol. The van der Waals surface area contributed by atoms with Gasteiger partial charge in [-0.3, -0.25) is 0 Å². The SMILES string of the molecule is CC(C)(C)P1PP(C(C)(C)C)P1C(C)(C)C. The molecule has 0 bridgehead atoms. The second-order valence-corrected chi connectivity index (χ2v) is 26.7. The highest BCUT2D eigenvalue weighted by atomic mass is 33.0. The third-order valence-electron chi connectivity index (χ3n) is 2.44. The Hall–Kier alpha value is 1.72. The highest BCUT2D eigenvalue weighted by molar-refractivity contribution is 9.05. The van der Waals surface area contributed by atoms with E-state index in [0.717, 1.165) is 0 Å². The van der Waals surface area contributed by atoms with E-state index in [1.165, 1.54) is 7.96 Å². The van der Waals surface area contributed by atoms with Crippen molar-refractivity contribution >= 4 is 29.9 Å². The summed E-state index contributed by atoms with van der Waals surface area (Å²) < 4.78 is 0. The van der Waals surface area contributed by atoms with Gasteiger partial charge in [-0.15, -0.1) is 0 Å². The molecule has 1 aliphatic heterocycles. The molecule has 1 fully saturated rings. The molecule has 0 aromatic rings. The molecule has 2 atom stereocenters. The second-order valence-electron chi connectivity index (χ2n) is 7.53. The third-order valence-corrected chi connectivity index (χ3v) is 40.0. The molecule has 1 rings (SSSR count). The Balaban J connectivity index is 2.92. The van der Waals surface area contributed by atoms with Crippen LogP contribution < -0.4 is 0 Å². The van der Waals surface area contributed by atoms with Gasteiger partial charge in [0.1, 0.15) is 0 Å². The van der Waals surface area contributed by atoms with Crippen molar-refractivity contribution in [3.05, 3.63) is 0 Å². The first kappa shape index (κ1) is 15.8. The van der Waals surface area contributed by atoms with Crippen LogP contribution in [0.25, 0.3) is 0 Å². The van der Waals surface area contributed by atoms with Crippen LogP contribution >= 0.6 is 29.9 Å². The van der Waals surface area contributed by atoms with E-state index in [0.29, 0.717) is 37.4 Å².